The fourth-order valence-corrected chi connectivity index (χ4v) is 5.18. The number of ether oxygens (including phenoxy) is 3. The van der Waals surface area contributed by atoms with Crippen molar-refractivity contribution in [1.82, 2.24) is 4.90 Å². The van der Waals surface area contributed by atoms with Crippen LogP contribution in [0.25, 0.3) is 0 Å². The molecule has 4 atom stereocenters. The van der Waals surface area contributed by atoms with E-state index in [1.165, 1.54) is 5.56 Å². The second kappa shape index (κ2) is 6.85. The van der Waals surface area contributed by atoms with Gasteiger partial charge < -0.3 is 24.4 Å². The third kappa shape index (κ3) is 2.91. The summed E-state index contributed by atoms with van der Waals surface area (Å²) in [6.07, 6.45) is 4.30. The summed E-state index contributed by atoms with van der Waals surface area (Å²) in [5.74, 6) is -0.00513. The Bertz CT molecular complexity index is 1080. The Labute approximate surface area is 179 Å². The van der Waals surface area contributed by atoms with Crippen LogP contribution in [0.4, 0.5) is 5.69 Å². The van der Waals surface area contributed by atoms with E-state index in [-0.39, 0.29) is 24.7 Å². The van der Waals surface area contributed by atoms with Crippen molar-refractivity contribution in [2.75, 3.05) is 25.2 Å². The molecule has 2 aromatic rings. The van der Waals surface area contributed by atoms with Crippen LogP contribution in [0.3, 0.4) is 0 Å². The zero-order chi connectivity index (χ0) is 21.0. The minimum atomic E-state index is -0.699. The van der Waals surface area contributed by atoms with Crippen molar-refractivity contribution >= 4 is 17.5 Å². The third-order valence-electron chi connectivity index (χ3n) is 6.63. The van der Waals surface area contributed by atoms with Crippen molar-refractivity contribution in [3.05, 3.63) is 66.2 Å². The van der Waals surface area contributed by atoms with Crippen molar-refractivity contribution < 1.29 is 23.8 Å². The lowest BCUT2D eigenvalue weighted by atomic mass is 9.77. The number of likely N-dealkylation sites (tertiary alicyclic amines) is 1. The van der Waals surface area contributed by atoms with Crippen LogP contribution < -0.4 is 14.8 Å². The SMILES string of the molecule is O=C(Nc1ccc2c(c1)OCO2)C1C2C(=O)N(CCc3ccccc3)C[C@@]23C=C[C@@H]1O3. The molecule has 2 saturated heterocycles. The average molecular weight is 418 g/mol. The summed E-state index contributed by atoms with van der Waals surface area (Å²) in [7, 11) is 0. The highest BCUT2D eigenvalue weighted by molar-refractivity contribution is 5.99. The van der Waals surface area contributed by atoms with Gasteiger partial charge in [0.05, 0.1) is 24.5 Å². The largest absolute Gasteiger partial charge is 0.454 e. The Morgan fingerprint density at radius 3 is 2.84 bits per heavy atom. The number of rotatable bonds is 5. The van der Waals surface area contributed by atoms with E-state index in [1.807, 2.05) is 35.3 Å². The van der Waals surface area contributed by atoms with Gasteiger partial charge in [0.25, 0.3) is 0 Å². The molecule has 2 amide bonds. The van der Waals surface area contributed by atoms with Crippen molar-refractivity contribution in [2.24, 2.45) is 11.8 Å². The molecule has 0 aliphatic carbocycles. The molecular weight excluding hydrogens is 396 g/mol. The highest BCUT2D eigenvalue weighted by Gasteiger charge is 2.66. The summed E-state index contributed by atoms with van der Waals surface area (Å²) in [6.45, 7) is 1.28. The molecule has 2 unspecified atom stereocenters. The molecule has 0 aromatic heterocycles. The molecule has 0 saturated carbocycles. The van der Waals surface area contributed by atoms with E-state index < -0.39 is 17.4 Å². The number of hydrogen-bond donors (Lipinski definition) is 1. The topological polar surface area (TPSA) is 77.1 Å². The highest BCUT2D eigenvalue weighted by atomic mass is 16.7. The molecule has 4 heterocycles. The molecule has 2 fully saturated rings. The molecule has 1 spiro atoms. The first-order valence-corrected chi connectivity index (χ1v) is 10.5. The minimum Gasteiger partial charge on any atom is -0.454 e. The summed E-state index contributed by atoms with van der Waals surface area (Å²) < 4.78 is 16.9. The van der Waals surface area contributed by atoms with E-state index >= 15 is 0 Å². The molecule has 6 rings (SSSR count). The molecule has 158 valence electrons. The zero-order valence-electron chi connectivity index (χ0n) is 16.8. The monoisotopic (exact) mass is 418 g/mol. The summed E-state index contributed by atoms with van der Waals surface area (Å²) in [6, 6.07) is 15.4. The van der Waals surface area contributed by atoms with E-state index in [0.29, 0.717) is 30.3 Å². The summed E-state index contributed by atoms with van der Waals surface area (Å²) in [5, 5.41) is 2.94. The number of anilines is 1. The van der Waals surface area contributed by atoms with E-state index in [2.05, 4.69) is 17.4 Å². The first kappa shape index (κ1) is 18.4. The highest BCUT2D eigenvalue weighted by Crippen LogP contribution is 2.52. The second-order valence-corrected chi connectivity index (χ2v) is 8.45. The molecule has 0 radical (unpaired) electrons. The third-order valence-corrected chi connectivity index (χ3v) is 6.63. The summed E-state index contributed by atoms with van der Waals surface area (Å²) >= 11 is 0. The van der Waals surface area contributed by atoms with Crippen LogP contribution in [0.5, 0.6) is 11.5 Å². The molecule has 2 aromatic carbocycles. The van der Waals surface area contributed by atoms with Gasteiger partial charge in [-0.2, -0.15) is 0 Å². The van der Waals surface area contributed by atoms with Gasteiger partial charge in [-0.25, -0.2) is 0 Å². The van der Waals surface area contributed by atoms with Crippen molar-refractivity contribution in [3.8, 4) is 11.5 Å². The predicted molar refractivity (Wildman–Crippen MR) is 112 cm³/mol. The van der Waals surface area contributed by atoms with Crippen LogP contribution >= 0.6 is 0 Å². The number of carbonyl (C=O) groups is 2. The number of hydrogen-bond acceptors (Lipinski definition) is 5. The molecule has 7 heteroatoms. The van der Waals surface area contributed by atoms with E-state index in [1.54, 1.807) is 18.2 Å². The van der Waals surface area contributed by atoms with Gasteiger partial charge in [0.1, 0.15) is 5.60 Å². The van der Waals surface area contributed by atoms with Gasteiger partial charge in [0.2, 0.25) is 18.6 Å². The smallest absolute Gasteiger partial charge is 0.231 e. The fourth-order valence-electron chi connectivity index (χ4n) is 5.18. The Morgan fingerprint density at radius 2 is 1.97 bits per heavy atom. The van der Waals surface area contributed by atoms with Crippen molar-refractivity contribution in [3.63, 3.8) is 0 Å². The van der Waals surface area contributed by atoms with Crippen molar-refractivity contribution in [2.45, 2.75) is 18.1 Å². The molecule has 7 nitrogen and oxygen atoms in total. The molecule has 4 aliphatic rings. The zero-order valence-corrected chi connectivity index (χ0v) is 16.8. The van der Waals surface area contributed by atoms with Gasteiger partial charge in [-0.1, -0.05) is 42.5 Å². The van der Waals surface area contributed by atoms with Crippen LogP contribution in [-0.4, -0.2) is 48.3 Å². The van der Waals surface area contributed by atoms with Crippen LogP contribution in [0.2, 0.25) is 0 Å². The van der Waals surface area contributed by atoms with E-state index in [0.717, 1.165) is 6.42 Å². The lowest BCUT2D eigenvalue weighted by Crippen LogP contribution is -2.41. The lowest BCUT2D eigenvalue weighted by Gasteiger charge is -2.23. The van der Waals surface area contributed by atoms with Crippen LogP contribution in [-0.2, 0) is 20.7 Å². The summed E-state index contributed by atoms with van der Waals surface area (Å²) in [5.41, 5.74) is 1.10. The normalized spacial score (nSPS) is 29.5. The van der Waals surface area contributed by atoms with Gasteiger partial charge in [-0.05, 0) is 24.1 Å². The van der Waals surface area contributed by atoms with Crippen molar-refractivity contribution in [1.29, 1.82) is 0 Å². The van der Waals surface area contributed by atoms with Gasteiger partial charge in [0, 0.05) is 18.3 Å². The van der Waals surface area contributed by atoms with Crippen LogP contribution in [0.1, 0.15) is 5.56 Å². The minimum absolute atomic E-state index is 0.00591. The Morgan fingerprint density at radius 1 is 1.13 bits per heavy atom. The lowest BCUT2D eigenvalue weighted by molar-refractivity contribution is -0.135. The van der Waals surface area contributed by atoms with Gasteiger partial charge >= 0.3 is 0 Å². The van der Waals surface area contributed by atoms with E-state index in [4.69, 9.17) is 14.2 Å². The first-order valence-electron chi connectivity index (χ1n) is 10.5. The maximum absolute atomic E-state index is 13.3. The first-order chi connectivity index (χ1) is 15.1. The number of fused-ring (bicyclic) bond motifs is 2. The Kier molecular flexibility index (Phi) is 4.08. The average Bonchev–Trinajstić information content (AvgIpc) is 3.53. The maximum atomic E-state index is 13.3. The number of amides is 2. The number of carbonyl (C=O) groups excluding carboxylic acids is 2. The Balaban J connectivity index is 1.19. The molecule has 4 aliphatic heterocycles. The van der Waals surface area contributed by atoms with Crippen LogP contribution in [0, 0.1) is 11.8 Å². The number of nitrogens with one attached hydrogen (secondary N) is 1. The molecule has 31 heavy (non-hydrogen) atoms. The Hall–Kier alpha value is -3.32. The quantitative estimate of drug-likeness (QED) is 0.755. The van der Waals surface area contributed by atoms with Gasteiger partial charge in [-0.15, -0.1) is 0 Å². The number of nitrogens with zero attached hydrogens (tertiary/aromatic N) is 1. The maximum Gasteiger partial charge on any atom is 0.231 e. The standard InChI is InChI=1S/C24H22N2O5/c27-22(25-16-6-7-17-19(12-16)30-14-29-17)20-18-8-10-24(31-18)13-26(23(28)21(20)24)11-9-15-4-2-1-3-5-15/h1-8,10,12,18,20-21H,9,11,13-14H2,(H,25,27)/t18-,20?,21?,24-/m0/s1. The second-order valence-electron chi connectivity index (χ2n) is 8.45. The molecule has 2 bridgehead atoms. The number of benzene rings is 2. The van der Waals surface area contributed by atoms with E-state index in [9.17, 15) is 9.59 Å². The predicted octanol–water partition coefficient (Wildman–Crippen LogP) is 2.38. The van der Waals surface area contributed by atoms with Crippen LogP contribution in [0.15, 0.2) is 60.7 Å². The fraction of sp³-hybridized carbons (Fsp3) is 0.333. The van der Waals surface area contributed by atoms with Gasteiger partial charge in [-0.3, -0.25) is 9.59 Å². The molecular formula is C24H22N2O5. The molecule has 1 N–H and O–H groups in total. The van der Waals surface area contributed by atoms with Gasteiger partial charge in [0.15, 0.2) is 11.5 Å². The summed E-state index contributed by atoms with van der Waals surface area (Å²) in [4.78, 5) is 28.4.